The Morgan fingerprint density at radius 3 is 2.86 bits per heavy atom. The first-order valence-corrected chi connectivity index (χ1v) is 6.59. The zero-order valence-electron chi connectivity index (χ0n) is 12.2. The third-order valence-corrected chi connectivity index (χ3v) is 3.12. The fourth-order valence-corrected chi connectivity index (χ4v) is 1.95. The SMILES string of the molecule is COc1ccccc1CN(C)C(=O)Cn1cc(CN)nn1. The number of para-hydroxylation sites is 1. The number of aromatic nitrogens is 3. The van der Waals surface area contributed by atoms with E-state index in [1.54, 1.807) is 25.3 Å². The highest BCUT2D eigenvalue weighted by Gasteiger charge is 2.13. The summed E-state index contributed by atoms with van der Waals surface area (Å²) in [5, 5.41) is 7.72. The van der Waals surface area contributed by atoms with Crippen molar-refractivity contribution in [3.8, 4) is 5.75 Å². The lowest BCUT2D eigenvalue weighted by Gasteiger charge is -2.18. The number of ether oxygens (including phenoxy) is 1. The van der Waals surface area contributed by atoms with Crippen molar-refractivity contribution in [3.05, 3.63) is 41.7 Å². The molecule has 2 aromatic rings. The van der Waals surface area contributed by atoms with Crippen LogP contribution in [0.2, 0.25) is 0 Å². The number of nitrogens with zero attached hydrogens (tertiary/aromatic N) is 4. The van der Waals surface area contributed by atoms with E-state index in [4.69, 9.17) is 10.5 Å². The number of rotatable bonds is 6. The number of carbonyl (C=O) groups excluding carboxylic acids is 1. The van der Waals surface area contributed by atoms with Crippen LogP contribution in [-0.4, -0.2) is 40.0 Å². The Morgan fingerprint density at radius 1 is 1.43 bits per heavy atom. The van der Waals surface area contributed by atoms with Gasteiger partial charge >= 0.3 is 0 Å². The second kappa shape index (κ2) is 6.85. The highest BCUT2D eigenvalue weighted by Crippen LogP contribution is 2.18. The molecular formula is C14H19N5O2. The number of amides is 1. The van der Waals surface area contributed by atoms with Gasteiger partial charge in [0, 0.05) is 25.7 Å². The molecule has 0 saturated carbocycles. The van der Waals surface area contributed by atoms with Crippen LogP contribution in [0.15, 0.2) is 30.5 Å². The van der Waals surface area contributed by atoms with E-state index >= 15 is 0 Å². The molecule has 1 aromatic heterocycles. The summed E-state index contributed by atoms with van der Waals surface area (Å²) in [6.07, 6.45) is 1.68. The topological polar surface area (TPSA) is 86.3 Å². The molecule has 0 bridgehead atoms. The second-order valence-corrected chi connectivity index (χ2v) is 4.67. The van der Waals surface area contributed by atoms with E-state index in [1.165, 1.54) is 4.68 Å². The van der Waals surface area contributed by atoms with Crippen LogP contribution < -0.4 is 10.5 Å². The minimum Gasteiger partial charge on any atom is -0.496 e. The van der Waals surface area contributed by atoms with Crippen molar-refractivity contribution in [2.75, 3.05) is 14.2 Å². The van der Waals surface area contributed by atoms with E-state index in [0.29, 0.717) is 18.8 Å². The molecule has 1 aromatic carbocycles. The van der Waals surface area contributed by atoms with Gasteiger partial charge in [-0.1, -0.05) is 23.4 Å². The summed E-state index contributed by atoms with van der Waals surface area (Å²) in [4.78, 5) is 13.8. The quantitative estimate of drug-likeness (QED) is 0.832. The van der Waals surface area contributed by atoms with E-state index in [1.807, 2.05) is 24.3 Å². The molecule has 2 rings (SSSR count). The third kappa shape index (κ3) is 3.79. The van der Waals surface area contributed by atoms with Crippen LogP contribution >= 0.6 is 0 Å². The van der Waals surface area contributed by atoms with Gasteiger partial charge in [-0.3, -0.25) is 4.79 Å². The summed E-state index contributed by atoms with van der Waals surface area (Å²) in [5.41, 5.74) is 7.08. The minimum atomic E-state index is -0.0608. The Morgan fingerprint density at radius 2 is 2.19 bits per heavy atom. The highest BCUT2D eigenvalue weighted by molar-refractivity contribution is 5.75. The van der Waals surface area contributed by atoms with E-state index in [0.717, 1.165) is 11.3 Å². The minimum absolute atomic E-state index is 0.0608. The first kappa shape index (κ1) is 15.0. The largest absolute Gasteiger partial charge is 0.496 e. The Bertz CT molecular complexity index is 611. The van der Waals surface area contributed by atoms with E-state index < -0.39 is 0 Å². The zero-order chi connectivity index (χ0) is 15.2. The Kier molecular flexibility index (Phi) is 4.89. The number of hydrogen-bond acceptors (Lipinski definition) is 5. The molecule has 0 saturated heterocycles. The smallest absolute Gasteiger partial charge is 0.244 e. The van der Waals surface area contributed by atoms with Crippen molar-refractivity contribution < 1.29 is 9.53 Å². The van der Waals surface area contributed by atoms with Crippen LogP contribution in [0.1, 0.15) is 11.3 Å². The van der Waals surface area contributed by atoms with Crippen LogP contribution in [0, 0.1) is 0 Å². The van der Waals surface area contributed by atoms with Crippen molar-refractivity contribution in [1.82, 2.24) is 19.9 Å². The van der Waals surface area contributed by atoms with Crippen molar-refractivity contribution >= 4 is 5.91 Å². The number of methoxy groups -OCH3 is 1. The fourth-order valence-electron chi connectivity index (χ4n) is 1.95. The van der Waals surface area contributed by atoms with Gasteiger partial charge in [0.25, 0.3) is 0 Å². The van der Waals surface area contributed by atoms with Gasteiger partial charge in [0.2, 0.25) is 5.91 Å². The summed E-state index contributed by atoms with van der Waals surface area (Å²) < 4.78 is 6.77. The maximum Gasteiger partial charge on any atom is 0.244 e. The molecule has 7 nitrogen and oxygen atoms in total. The molecule has 0 spiro atoms. The second-order valence-electron chi connectivity index (χ2n) is 4.67. The third-order valence-electron chi connectivity index (χ3n) is 3.12. The monoisotopic (exact) mass is 289 g/mol. The van der Waals surface area contributed by atoms with Crippen molar-refractivity contribution in [2.24, 2.45) is 5.73 Å². The van der Waals surface area contributed by atoms with Crippen LogP contribution in [0.4, 0.5) is 0 Å². The van der Waals surface area contributed by atoms with Crippen molar-refractivity contribution in [1.29, 1.82) is 0 Å². The van der Waals surface area contributed by atoms with Crippen LogP contribution in [0.5, 0.6) is 5.75 Å². The Balaban J connectivity index is 1.99. The van der Waals surface area contributed by atoms with Gasteiger partial charge < -0.3 is 15.4 Å². The molecule has 0 aliphatic carbocycles. The van der Waals surface area contributed by atoms with Gasteiger partial charge in [-0.05, 0) is 6.07 Å². The first-order valence-electron chi connectivity index (χ1n) is 6.59. The highest BCUT2D eigenvalue weighted by atomic mass is 16.5. The average molecular weight is 289 g/mol. The molecule has 7 heteroatoms. The van der Waals surface area contributed by atoms with Crippen LogP contribution in [-0.2, 0) is 24.4 Å². The predicted molar refractivity (Wildman–Crippen MR) is 77.4 cm³/mol. The normalized spacial score (nSPS) is 10.4. The summed E-state index contributed by atoms with van der Waals surface area (Å²) in [6.45, 7) is 0.922. The molecule has 0 unspecified atom stereocenters. The van der Waals surface area contributed by atoms with Gasteiger partial charge in [-0.2, -0.15) is 0 Å². The fraction of sp³-hybridized carbons (Fsp3) is 0.357. The molecule has 0 aliphatic heterocycles. The zero-order valence-corrected chi connectivity index (χ0v) is 12.2. The van der Waals surface area contributed by atoms with Gasteiger partial charge in [-0.25, -0.2) is 4.68 Å². The maximum atomic E-state index is 12.2. The van der Waals surface area contributed by atoms with Gasteiger partial charge in [0.1, 0.15) is 12.3 Å². The lowest BCUT2D eigenvalue weighted by atomic mass is 10.2. The van der Waals surface area contributed by atoms with E-state index in [2.05, 4.69) is 10.3 Å². The van der Waals surface area contributed by atoms with Gasteiger partial charge in [-0.15, -0.1) is 5.10 Å². The van der Waals surface area contributed by atoms with E-state index in [9.17, 15) is 4.79 Å². The number of hydrogen-bond donors (Lipinski definition) is 1. The number of carbonyl (C=O) groups is 1. The molecule has 1 heterocycles. The molecular weight excluding hydrogens is 270 g/mol. The number of benzene rings is 1. The maximum absolute atomic E-state index is 12.2. The van der Waals surface area contributed by atoms with E-state index in [-0.39, 0.29) is 12.5 Å². The Labute approximate surface area is 123 Å². The summed E-state index contributed by atoms with van der Waals surface area (Å²) in [7, 11) is 3.36. The first-order chi connectivity index (χ1) is 10.1. The van der Waals surface area contributed by atoms with Gasteiger partial charge in [0.15, 0.2) is 0 Å². The standard InChI is InChI=1S/C14H19N5O2/c1-18(8-11-5-3-4-6-13(11)21-2)14(20)10-19-9-12(7-15)16-17-19/h3-6,9H,7-8,10,15H2,1-2H3. The molecule has 0 fully saturated rings. The molecule has 112 valence electrons. The van der Waals surface area contributed by atoms with Crippen LogP contribution in [0.3, 0.4) is 0 Å². The predicted octanol–water partition coefficient (Wildman–Crippen LogP) is 0.404. The molecule has 0 aliphatic rings. The average Bonchev–Trinajstić information content (AvgIpc) is 2.95. The number of likely N-dealkylation sites (N-methyl/N-ethyl adjacent to an activating group) is 1. The lowest BCUT2D eigenvalue weighted by Crippen LogP contribution is -2.30. The lowest BCUT2D eigenvalue weighted by molar-refractivity contribution is -0.131. The molecule has 21 heavy (non-hydrogen) atoms. The summed E-state index contributed by atoms with van der Waals surface area (Å²) in [6, 6.07) is 7.62. The van der Waals surface area contributed by atoms with Gasteiger partial charge in [0.05, 0.1) is 19.0 Å². The van der Waals surface area contributed by atoms with Crippen molar-refractivity contribution in [2.45, 2.75) is 19.6 Å². The molecule has 1 amide bonds. The Hall–Kier alpha value is -2.41. The summed E-state index contributed by atoms with van der Waals surface area (Å²) >= 11 is 0. The number of nitrogens with two attached hydrogens (primary N) is 1. The summed E-state index contributed by atoms with van der Waals surface area (Å²) in [5.74, 6) is 0.706. The molecule has 0 atom stereocenters. The van der Waals surface area contributed by atoms with Crippen LogP contribution in [0.25, 0.3) is 0 Å². The van der Waals surface area contributed by atoms with Crippen molar-refractivity contribution in [3.63, 3.8) is 0 Å². The molecule has 2 N–H and O–H groups in total. The molecule has 0 radical (unpaired) electrons.